The number of carbonyl (C=O) groups is 1. The molecule has 0 saturated heterocycles. The molecule has 0 saturated carbocycles. The van der Waals surface area contributed by atoms with Gasteiger partial charge in [0.25, 0.3) is 0 Å². The summed E-state index contributed by atoms with van der Waals surface area (Å²) in [6, 6.07) is 7.42. The molecule has 32 heavy (non-hydrogen) atoms. The second-order valence-corrected chi connectivity index (χ2v) is 7.47. The van der Waals surface area contributed by atoms with Crippen LogP contribution in [-0.4, -0.2) is 59.0 Å². The largest absolute Gasteiger partial charge is 0.493 e. The molecule has 3 aliphatic rings. The third-order valence-corrected chi connectivity index (χ3v) is 5.95. The van der Waals surface area contributed by atoms with E-state index in [9.17, 15) is 9.90 Å². The zero-order valence-electron chi connectivity index (χ0n) is 18.0. The molecule has 3 heterocycles. The molecule has 0 fully saturated rings. The second kappa shape index (κ2) is 7.83. The minimum atomic E-state index is -0.465. The molecular formula is C23H23NO8. The Labute approximate surface area is 184 Å². The summed E-state index contributed by atoms with van der Waals surface area (Å²) in [6.45, 7) is 0.475. The van der Waals surface area contributed by atoms with Gasteiger partial charge < -0.3 is 38.4 Å². The number of anilines is 1. The quantitative estimate of drug-likeness (QED) is 0.677. The number of hydrogen-bond acceptors (Lipinski definition) is 9. The van der Waals surface area contributed by atoms with Gasteiger partial charge in [-0.15, -0.1) is 0 Å². The molecule has 0 aromatic heterocycles. The number of nitrogens with zero attached hydrogens (tertiary/aromatic N) is 1. The Bertz CT molecular complexity index is 1100. The minimum absolute atomic E-state index is 0.0896. The molecule has 0 aliphatic carbocycles. The Morgan fingerprint density at radius 3 is 2.31 bits per heavy atom. The van der Waals surface area contributed by atoms with Crippen LogP contribution in [0.4, 0.5) is 5.69 Å². The third kappa shape index (κ3) is 2.92. The van der Waals surface area contributed by atoms with Crippen molar-refractivity contribution >= 4 is 11.7 Å². The summed E-state index contributed by atoms with van der Waals surface area (Å²) in [4.78, 5) is 14.8. The van der Waals surface area contributed by atoms with E-state index in [4.69, 9.17) is 28.4 Å². The highest BCUT2D eigenvalue weighted by Gasteiger charge is 2.43. The first-order valence-electron chi connectivity index (χ1n) is 10.1. The van der Waals surface area contributed by atoms with Crippen molar-refractivity contribution in [3.05, 3.63) is 46.7 Å². The number of cyclic esters (lactones) is 1. The van der Waals surface area contributed by atoms with Gasteiger partial charge in [-0.3, -0.25) is 0 Å². The van der Waals surface area contributed by atoms with Crippen molar-refractivity contribution in [1.82, 2.24) is 0 Å². The number of aliphatic hydroxyl groups excluding tert-OH is 1. The highest BCUT2D eigenvalue weighted by atomic mass is 16.7. The topological polar surface area (TPSA) is 95.9 Å². The first-order chi connectivity index (χ1) is 15.6. The lowest BCUT2D eigenvalue weighted by atomic mass is 9.80. The predicted molar refractivity (Wildman–Crippen MR) is 113 cm³/mol. The van der Waals surface area contributed by atoms with Gasteiger partial charge in [-0.2, -0.15) is 0 Å². The smallest absolute Gasteiger partial charge is 0.337 e. The standard InChI is InChI=1S/C23H23NO8/c1-27-18-6-12(7-19(28-2)22(18)29-3)20-13-8-16-17(32-11-31-16)9-14(13)24(4-5-25)15-10-30-23(26)21(15)20/h6-9,20,25H,4-5,10-11H2,1-3H3. The number of carbonyl (C=O) groups excluding carboxylic acids is 1. The Balaban J connectivity index is 1.77. The van der Waals surface area contributed by atoms with Crippen LogP contribution in [0.5, 0.6) is 28.7 Å². The van der Waals surface area contributed by atoms with Crippen LogP contribution in [0.25, 0.3) is 0 Å². The predicted octanol–water partition coefficient (Wildman–Crippen LogP) is 2.20. The van der Waals surface area contributed by atoms with Gasteiger partial charge in [-0.25, -0.2) is 4.79 Å². The van der Waals surface area contributed by atoms with E-state index in [1.807, 2.05) is 29.2 Å². The van der Waals surface area contributed by atoms with Crippen LogP contribution in [0.1, 0.15) is 17.0 Å². The van der Waals surface area contributed by atoms with E-state index >= 15 is 0 Å². The molecule has 2 aromatic rings. The van der Waals surface area contributed by atoms with Crippen molar-refractivity contribution in [2.75, 3.05) is 52.8 Å². The number of ether oxygens (including phenoxy) is 6. The summed E-state index contributed by atoms with van der Waals surface area (Å²) in [5.41, 5.74) is 3.65. The van der Waals surface area contributed by atoms with E-state index < -0.39 is 11.9 Å². The van der Waals surface area contributed by atoms with E-state index in [2.05, 4.69) is 0 Å². The molecule has 0 spiro atoms. The molecule has 0 amide bonds. The fourth-order valence-corrected chi connectivity index (χ4v) is 4.60. The Morgan fingerprint density at radius 1 is 1.00 bits per heavy atom. The fourth-order valence-electron chi connectivity index (χ4n) is 4.60. The molecule has 9 nitrogen and oxygen atoms in total. The molecule has 2 aromatic carbocycles. The number of methoxy groups -OCH3 is 3. The monoisotopic (exact) mass is 441 g/mol. The van der Waals surface area contributed by atoms with Crippen LogP contribution in [0.15, 0.2) is 35.5 Å². The third-order valence-electron chi connectivity index (χ3n) is 5.95. The van der Waals surface area contributed by atoms with Gasteiger partial charge >= 0.3 is 5.97 Å². The summed E-state index contributed by atoms with van der Waals surface area (Å²) in [7, 11) is 4.63. The van der Waals surface area contributed by atoms with Crippen LogP contribution in [0, 0.1) is 0 Å². The summed E-state index contributed by atoms with van der Waals surface area (Å²) in [5, 5.41) is 9.71. The number of fused-ring (bicyclic) bond motifs is 2. The first kappa shape index (κ1) is 20.3. The van der Waals surface area contributed by atoms with E-state index in [0.29, 0.717) is 46.6 Å². The molecule has 0 radical (unpaired) electrons. The van der Waals surface area contributed by atoms with Crippen molar-refractivity contribution in [2.24, 2.45) is 0 Å². The molecule has 1 N–H and O–H groups in total. The number of hydrogen-bond donors (Lipinski definition) is 1. The molecular weight excluding hydrogens is 418 g/mol. The summed E-state index contributed by atoms with van der Waals surface area (Å²) in [5.74, 6) is 1.78. The zero-order chi connectivity index (χ0) is 22.4. The number of benzene rings is 2. The van der Waals surface area contributed by atoms with Crippen molar-refractivity contribution < 1.29 is 38.3 Å². The first-order valence-corrected chi connectivity index (χ1v) is 10.1. The van der Waals surface area contributed by atoms with Crippen molar-refractivity contribution in [3.63, 3.8) is 0 Å². The average Bonchev–Trinajstić information content (AvgIpc) is 3.43. The maximum absolute atomic E-state index is 12.9. The van der Waals surface area contributed by atoms with Crippen molar-refractivity contribution in [2.45, 2.75) is 5.92 Å². The van der Waals surface area contributed by atoms with E-state index in [-0.39, 0.29) is 20.0 Å². The summed E-state index contributed by atoms with van der Waals surface area (Å²) >= 11 is 0. The molecule has 168 valence electrons. The molecule has 3 aliphatic heterocycles. The zero-order valence-corrected chi connectivity index (χ0v) is 18.0. The van der Waals surface area contributed by atoms with Gasteiger partial charge in [0.1, 0.15) is 6.61 Å². The van der Waals surface area contributed by atoms with Crippen LogP contribution in [0.2, 0.25) is 0 Å². The van der Waals surface area contributed by atoms with Gasteiger partial charge in [0.05, 0.1) is 39.2 Å². The SMILES string of the molecule is COc1cc(C2C3=C(COC3=O)N(CCO)c3cc4c(cc32)OCO4)cc(OC)c1OC. The maximum Gasteiger partial charge on any atom is 0.337 e. The summed E-state index contributed by atoms with van der Waals surface area (Å²) in [6.07, 6.45) is 0. The van der Waals surface area contributed by atoms with E-state index in [1.165, 1.54) is 0 Å². The molecule has 0 bridgehead atoms. The number of rotatable bonds is 6. The molecule has 1 atom stereocenters. The molecule has 1 unspecified atom stereocenters. The number of β-amino-alcohol motifs (C(OH)–C–C–N with tert-alkyl or cyclic N) is 1. The normalized spacial score (nSPS) is 18.3. The Kier molecular flexibility index (Phi) is 4.97. The second-order valence-electron chi connectivity index (χ2n) is 7.47. The van der Waals surface area contributed by atoms with Gasteiger partial charge in [-0.05, 0) is 29.3 Å². The summed E-state index contributed by atoms with van der Waals surface area (Å²) < 4.78 is 33.2. The number of esters is 1. The fraction of sp³-hybridized carbons (Fsp3) is 0.348. The van der Waals surface area contributed by atoms with Gasteiger partial charge in [-0.1, -0.05) is 0 Å². The highest BCUT2D eigenvalue weighted by molar-refractivity contribution is 5.98. The van der Waals surface area contributed by atoms with Crippen LogP contribution >= 0.6 is 0 Å². The van der Waals surface area contributed by atoms with E-state index in [1.54, 1.807) is 21.3 Å². The van der Waals surface area contributed by atoms with Crippen LogP contribution in [-0.2, 0) is 9.53 Å². The van der Waals surface area contributed by atoms with Crippen molar-refractivity contribution in [3.8, 4) is 28.7 Å². The van der Waals surface area contributed by atoms with Crippen LogP contribution < -0.4 is 28.6 Å². The van der Waals surface area contributed by atoms with Crippen molar-refractivity contribution in [1.29, 1.82) is 0 Å². The maximum atomic E-state index is 12.9. The van der Waals surface area contributed by atoms with Gasteiger partial charge in [0.2, 0.25) is 12.5 Å². The number of aliphatic hydroxyl groups is 1. The molecule has 9 heteroatoms. The van der Waals surface area contributed by atoms with Crippen LogP contribution in [0.3, 0.4) is 0 Å². The Hall–Kier alpha value is -3.59. The van der Waals surface area contributed by atoms with E-state index in [0.717, 1.165) is 16.8 Å². The average molecular weight is 441 g/mol. The minimum Gasteiger partial charge on any atom is -0.493 e. The lowest BCUT2D eigenvalue weighted by Crippen LogP contribution is -2.33. The lowest BCUT2D eigenvalue weighted by molar-refractivity contribution is -0.136. The highest BCUT2D eigenvalue weighted by Crippen LogP contribution is 2.53. The van der Waals surface area contributed by atoms with Gasteiger partial charge in [0.15, 0.2) is 23.0 Å². The Morgan fingerprint density at radius 2 is 1.69 bits per heavy atom. The lowest BCUT2D eigenvalue weighted by Gasteiger charge is -2.35. The molecule has 5 rings (SSSR count). The van der Waals surface area contributed by atoms with Gasteiger partial charge in [0, 0.05) is 24.2 Å².